The molecule has 2 fully saturated rings. The lowest BCUT2D eigenvalue weighted by atomic mass is 9.85. The van der Waals surface area contributed by atoms with Crippen molar-refractivity contribution in [3.8, 4) is 6.07 Å². The van der Waals surface area contributed by atoms with Crippen LogP contribution in [0.3, 0.4) is 0 Å². The number of hydrogen-bond donors (Lipinski definition) is 0. The van der Waals surface area contributed by atoms with E-state index in [0.29, 0.717) is 43.6 Å². The fourth-order valence-corrected chi connectivity index (χ4v) is 3.93. The molecule has 4 amide bonds. The van der Waals surface area contributed by atoms with Crippen molar-refractivity contribution in [2.75, 3.05) is 26.7 Å². The smallest absolute Gasteiger partial charge is 0.327 e. The van der Waals surface area contributed by atoms with Crippen LogP contribution < -0.4 is 0 Å². The number of benzene rings is 1. The molecular weight excluding hydrogens is 344 g/mol. The van der Waals surface area contributed by atoms with Gasteiger partial charge in [0.2, 0.25) is 0 Å². The summed E-state index contributed by atoms with van der Waals surface area (Å²) in [6, 6.07) is 8.32. The van der Waals surface area contributed by atoms with Gasteiger partial charge in [-0.25, -0.2) is 4.79 Å². The van der Waals surface area contributed by atoms with Gasteiger partial charge in [-0.2, -0.15) is 5.26 Å². The van der Waals surface area contributed by atoms with Crippen LogP contribution in [0.15, 0.2) is 24.3 Å². The first kappa shape index (κ1) is 18.9. The van der Waals surface area contributed by atoms with Crippen molar-refractivity contribution in [2.45, 2.75) is 32.2 Å². The molecule has 2 aliphatic rings. The monoisotopic (exact) mass is 368 g/mol. The second-order valence-electron chi connectivity index (χ2n) is 7.66. The minimum Gasteiger partial charge on any atom is -0.338 e. The summed E-state index contributed by atoms with van der Waals surface area (Å²) in [7, 11) is 1.53. The van der Waals surface area contributed by atoms with E-state index in [1.165, 1.54) is 11.9 Å². The lowest BCUT2D eigenvalue weighted by Crippen LogP contribution is -2.58. The summed E-state index contributed by atoms with van der Waals surface area (Å²) in [4.78, 5) is 42.7. The molecule has 1 spiro atoms. The average Bonchev–Trinajstić information content (AvgIpc) is 2.84. The van der Waals surface area contributed by atoms with Crippen molar-refractivity contribution in [3.05, 3.63) is 35.4 Å². The van der Waals surface area contributed by atoms with Gasteiger partial charge >= 0.3 is 6.03 Å². The van der Waals surface area contributed by atoms with Crippen LogP contribution in [0.2, 0.25) is 0 Å². The zero-order chi connectivity index (χ0) is 19.8. The number of rotatable bonds is 3. The van der Waals surface area contributed by atoms with Crippen molar-refractivity contribution < 1.29 is 14.4 Å². The molecule has 2 saturated heterocycles. The van der Waals surface area contributed by atoms with Gasteiger partial charge < -0.3 is 9.80 Å². The highest BCUT2D eigenvalue weighted by atomic mass is 16.2. The molecule has 0 radical (unpaired) electrons. The normalized spacial score (nSPS) is 19.1. The lowest BCUT2D eigenvalue weighted by Gasteiger charge is -2.42. The van der Waals surface area contributed by atoms with E-state index in [-0.39, 0.29) is 23.8 Å². The average molecular weight is 368 g/mol. The van der Waals surface area contributed by atoms with Crippen molar-refractivity contribution in [2.24, 2.45) is 5.92 Å². The van der Waals surface area contributed by atoms with Gasteiger partial charge in [0.15, 0.2) is 0 Å². The summed E-state index contributed by atoms with van der Waals surface area (Å²) < 4.78 is 0. The van der Waals surface area contributed by atoms with Gasteiger partial charge in [0.25, 0.3) is 11.8 Å². The molecule has 7 heteroatoms. The minimum absolute atomic E-state index is 0.116. The van der Waals surface area contributed by atoms with Crippen LogP contribution in [0.1, 0.15) is 42.6 Å². The quantitative estimate of drug-likeness (QED) is 0.765. The molecular formula is C20H24N4O3. The molecule has 1 aromatic carbocycles. The SMILES string of the molecule is CC(C)CN1C(=O)N(C)C(=O)C12CCN(C(=O)c1ccc(C#N)cc1)CC2. The van der Waals surface area contributed by atoms with Gasteiger partial charge in [-0.1, -0.05) is 13.8 Å². The first-order valence-corrected chi connectivity index (χ1v) is 9.19. The molecule has 0 saturated carbocycles. The second kappa shape index (κ2) is 7.03. The Morgan fingerprint density at radius 2 is 1.78 bits per heavy atom. The summed E-state index contributed by atoms with van der Waals surface area (Å²) >= 11 is 0. The van der Waals surface area contributed by atoms with E-state index >= 15 is 0 Å². The van der Waals surface area contributed by atoms with Crippen LogP contribution in [0, 0.1) is 17.2 Å². The van der Waals surface area contributed by atoms with E-state index < -0.39 is 5.54 Å². The number of nitrogens with zero attached hydrogens (tertiary/aromatic N) is 4. The van der Waals surface area contributed by atoms with E-state index in [1.807, 2.05) is 19.9 Å². The molecule has 27 heavy (non-hydrogen) atoms. The Labute approximate surface area is 159 Å². The Morgan fingerprint density at radius 3 is 2.30 bits per heavy atom. The molecule has 0 N–H and O–H groups in total. The van der Waals surface area contributed by atoms with Crippen LogP contribution in [0.25, 0.3) is 0 Å². The van der Waals surface area contributed by atoms with Crippen molar-refractivity contribution in [1.82, 2.24) is 14.7 Å². The maximum atomic E-state index is 12.8. The third-order valence-corrected chi connectivity index (χ3v) is 5.42. The maximum absolute atomic E-state index is 12.8. The molecule has 0 bridgehead atoms. The van der Waals surface area contributed by atoms with Crippen molar-refractivity contribution in [3.63, 3.8) is 0 Å². The summed E-state index contributed by atoms with van der Waals surface area (Å²) in [5.41, 5.74) is 0.193. The fraction of sp³-hybridized carbons (Fsp3) is 0.500. The van der Waals surface area contributed by atoms with Gasteiger partial charge in [-0.15, -0.1) is 0 Å². The predicted octanol–water partition coefficient (Wildman–Crippen LogP) is 2.08. The first-order valence-electron chi connectivity index (χ1n) is 9.19. The highest BCUT2D eigenvalue weighted by Gasteiger charge is 2.57. The molecule has 3 rings (SSSR count). The standard InChI is InChI=1S/C20H24N4O3/c1-14(2)13-24-19(27)22(3)18(26)20(24)8-10-23(11-9-20)17(25)16-6-4-15(12-21)5-7-16/h4-7,14H,8-11,13H2,1-3H3. The number of hydrogen-bond acceptors (Lipinski definition) is 4. The highest BCUT2D eigenvalue weighted by molar-refractivity contribution is 6.07. The van der Waals surface area contributed by atoms with E-state index in [4.69, 9.17) is 5.26 Å². The van der Waals surface area contributed by atoms with E-state index in [1.54, 1.807) is 34.1 Å². The molecule has 7 nitrogen and oxygen atoms in total. The second-order valence-corrected chi connectivity index (χ2v) is 7.66. The summed E-state index contributed by atoms with van der Waals surface area (Å²) in [5.74, 6) is -0.0306. The van der Waals surface area contributed by atoms with E-state index in [2.05, 4.69) is 0 Å². The zero-order valence-electron chi connectivity index (χ0n) is 15.9. The molecule has 2 heterocycles. The van der Waals surface area contributed by atoms with Crippen LogP contribution in [-0.2, 0) is 4.79 Å². The Morgan fingerprint density at radius 1 is 1.19 bits per heavy atom. The molecule has 2 aliphatic heterocycles. The summed E-state index contributed by atoms with van der Waals surface area (Å²) in [5, 5.41) is 8.88. The van der Waals surface area contributed by atoms with Crippen LogP contribution in [0.5, 0.6) is 0 Å². The van der Waals surface area contributed by atoms with Gasteiger partial charge in [0.1, 0.15) is 5.54 Å². The van der Waals surface area contributed by atoms with Gasteiger partial charge in [-0.3, -0.25) is 14.5 Å². The number of likely N-dealkylation sites (tertiary alicyclic amines) is 1. The van der Waals surface area contributed by atoms with Gasteiger partial charge in [0, 0.05) is 32.2 Å². The third-order valence-electron chi connectivity index (χ3n) is 5.42. The van der Waals surface area contributed by atoms with Crippen LogP contribution in [-0.4, -0.2) is 64.8 Å². The number of nitriles is 1. The number of likely N-dealkylation sites (N-methyl/N-ethyl adjacent to an activating group) is 1. The van der Waals surface area contributed by atoms with Crippen LogP contribution >= 0.6 is 0 Å². The zero-order valence-corrected chi connectivity index (χ0v) is 15.9. The number of carbonyl (C=O) groups excluding carboxylic acids is 3. The summed E-state index contributed by atoms with van der Waals surface area (Å²) in [6.07, 6.45) is 0.882. The van der Waals surface area contributed by atoms with Crippen molar-refractivity contribution >= 4 is 17.8 Å². The Balaban J connectivity index is 1.76. The van der Waals surface area contributed by atoms with Crippen LogP contribution in [0.4, 0.5) is 4.79 Å². The number of urea groups is 1. The Hall–Kier alpha value is -2.88. The van der Waals surface area contributed by atoms with Crippen molar-refractivity contribution in [1.29, 1.82) is 5.26 Å². The molecule has 0 unspecified atom stereocenters. The Bertz CT molecular complexity index is 802. The van der Waals surface area contributed by atoms with Gasteiger partial charge in [-0.05, 0) is 43.0 Å². The largest absolute Gasteiger partial charge is 0.338 e. The molecule has 0 atom stereocenters. The van der Waals surface area contributed by atoms with E-state index in [9.17, 15) is 14.4 Å². The summed E-state index contributed by atoms with van der Waals surface area (Å²) in [6.45, 7) is 5.40. The minimum atomic E-state index is -0.836. The molecule has 1 aromatic rings. The number of carbonyl (C=O) groups is 3. The molecule has 0 aliphatic carbocycles. The fourth-order valence-electron chi connectivity index (χ4n) is 3.93. The van der Waals surface area contributed by atoms with E-state index in [0.717, 1.165) is 0 Å². The topological polar surface area (TPSA) is 84.7 Å². The molecule has 142 valence electrons. The Kier molecular flexibility index (Phi) is 4.92. The number of piperidine rings is 1. The first-order chi connectivity index (χ1) is 12.8. The number of imide groups is 1. The number of amides is 4. The lowest BCUT2D eigenvalue weighted by molar-refractivity contribution is -0.134. The maximum Gasteiger partial charge on any atom is 0.327 e. The predicted molar refractivity (Wildman–Crippen MR) is 98.7 cm³/mol. The molecule has 0 aromatic heterocycles. The highest BCUT2D eigenvalue weighted by Crippen LogP contribution is 2.37. The third kappa shape index (κ3) is 3.16. The van der Waals surface area contributed by atoms with Gasteiger partial charge in [0.05, 0.1) is 11.6 Å².